The van der Waals surface area contributed by atoms with Crippen LogP contribution in [0, 0.1) is 12.3 Å². The fourth-order valence-electron chi connectivity index (χ4n) is 2.06. The third kappa shape index (κ3) is 1.81. The van der Waals surface area contributed by atoms with Crippen molar-refractivity contribution in [3.05, 3.63) is 35.4 Å². The van der Waals surface area contributed by atoms with Crippen LogP contribution in [0.25, 0.3) is 0 Å². The van der Waals surface area contributed by atoms with Gasteiger partial charge in [0.2, 0.25) is 0 Å². The van der Waals surface area contributed by atoms with Crippen molar-refractivity contribution in [2.45, 2.75) is 12.3 Å². The van der Waals surface area contributed by atoms with Crippen molar-refractivity contribution in [1.29, 1.82) is 0 Å². The number of benzene rings is 1. The quantitative estimate of drug-likeness (QED) is 0.605. The molecule has 0 bridgehead atoms. The first-order chi connectivity index (χ1) is 6.79. The average Bonchev–Trinajstić information content (AvgIpc) is 2.65. The van der Waals surface area contributed by atoms with E-state index < -0.39 is 0 Å². The molecule has 0 N–H and O–H groups in total. The molecule has 1 saturated heterocycles. The van der Waals surface area contributed by atoms with Crippen LogP contribution < -0.4 is 0 Å². The molecule has 0 spiro atoms. The summed E-state index contributed by atoms with van der Waals surface area (Å²) in [6.07, 6.45) is 6.59. The summed E-state index contributed by atoms with van der Waals surface area (Å²) in [4.78, 5) is 2.37. The van der Waals surface area contributed by atoms with Crippen LogP contribution in [-0.2, 0) is 0 Å². The lowest BCUT2D eigenvalue weighted by atomic mass is 9.97. The highest BCUT2D eigenvalue weighted by Crippen LogP contribution is 2.25. The Bertz CT molecular complexity index is 344. The van der Waals surface area contributed by atoms with E-state index in [2.05, 4.69) is 30.0 Å². The van der Waals surface area contributed by atoms with Crippen molar-refractivity contribution < 1.29 is 0 Å². The number of likely N-dealkylation sites (N-methyl/N-ethyl adjacent to an activating group) is 1. The zero-order valence-electron chi connectivity index (χ0n) is 8.53. The standard InChI is InChI=1S/C13H15N/c1-3-11-4-6-12(7-5-11)13-8-9-14(2)10-13/h1,4-7,13H,8-10H2,2H3. The van der Waals surface area contributed by atoms with E-state index >= 15 is 0 Å². The van der Waals surface area contributed by atoms with Crippen LogP contribution in [0.1, 0.15) is 23.5 Å². The number of nitrogens with zero attached hydrogens (tertiary/aromatic N) is 1. The van der Waals surface area contributed by atoms with Gasteiger partial charge in [-0.2, -0.15) is 0 Å². The molecule has 72 valence electrons. The van der Waals surface area contributed by atoms with Crippen molar-refractivity contribution in [1.82, 2.24) is 4.90 Å². The molecule has 0 aromatic heterocycles. The molecule has 2 rings (SSSR count). The monoisotopic (exact) mass is 185 g/mol. The fourth-order valence-corrected chi connectivity index (χ4v) is 2.06. The van der Waals surface area contributed by atoms with Crippen LogP contribution >= 0.6 is 0 Å². The Morgan fingerprint density at radius 3 is 2.57 bits per heavy atom. The second-order valence-electron chi connectivity index (χ2n) is 4.01. The lowest BCUT2D eigenvalue weighted by molar-refractivity contribution is 0.411. The summed E-state index contributed by atoms with van der Waals surface area (Å²) in [6.45, 7) is 2.39. The number of likely N-dealkylation sites (tertiary alicyclic amines) is 1. The van der Waals surface area contributed by atoms with E-state index in [1.807, 2.05) is 12.1 Å². The van der Waals surface area contributed by atoms with Gasteiger partial charge in [0.15, 0.2) is 0 Å². The van der Waals surface area contributed by atoms with Gasteiger partial charge in [-0.15, -0.1) is 6.42 Å². The van der Waals surface area contributed by atoms with Gasteiger partial charge < -0.3 is 4.90 Å². The van der Waals surface area contributed by atoms with Gasteiger partial charge in [-0.05, 0) is 43.6 Å². The Morgan fingerprint density at radius 1 is 1.36 bits per heavy atom. The maximum absolute atomic E-state index is 5.32. The lowest BCUT2D eigenvalue weighted by Gasteiger charge is -2.10. The molecule has 0 aliphatic carbocycles. The summed E-state index contributed by atoms with van der Waals surface area (Å²) >= 11 is 0. The van der Waals surface area contributed by atoms with E-state index in [4.69, 9.17) is 6.42 Å². The van der Waals surface area contributed by atoms with Crippen LogP contribution in [0.4, 0.5) is 0 Å². The van der Waals surface area contributed by atoms with Crippen LogP contribution in [0.2, 0.25) is 0 Å². The SMILES string of the molecule is C#Cc1ccc(C2CCN(C)C2)cc1. The maximum Gasteiger partial charge on any atom is 0.0242 e. The predicted octanol–water partition coefficient (Wildman–Crippen LogP) is 2.09. The lowest BCUT2D eigenvalue weighted by Crippen LogP contribution is -2.13. The minimum Gasteiger partial charge on any atom is -0.306 e. The Labute approximate surface area is 85.7 Å². The van der Waals surface area contributed by atoms with Crippen molar-refractivity contribution in [3.8, 4) is 12.3 Å². The molecular formula is C13H15N. The van der Waals surface area contributed by atoms with Crippen molar-refractivity contribution in [3.63, 3.8) is 0 Å². The molecule has 1 nitrogen and oxygen atoms in total. The topological polar surface area (TPSA) is 3.24 Å². The number of hydrogen-bond donors (Lipinski definition) is 0. The highest BCUT2D eigenvalue weighted by Gasteiger charge is 2.20. The Hall–Kier alpha value is -1.26. The summed E-state index contributed by atoms with van der Waals surface area (Å²) < 4.78 is 0. The molecule has 0 saturated carbocycles. The van der Waals surface area contributed by atoms with E-state index in [0.717, 1.165) is 5.56 Å². The zero-order chi connectivity index (χ0) is 9.97. The van der Waals surface area contributed by atoms with E-state index in [1.54, 1.807) is 0 Å². The number of hydrogen-bond acceptors (Lipinski definition) is 1. The van der Waals surface area contributed by atoms with Crippen molar-refractivity contribution >= 4 is 0 Å². The molecule has 1 unspecified atom stereocenters. The van der Waals surface area contributed by atoms with Crippen LogP contribution in [0.15, 0.2) is 24.3 Å². The van der Waals surface area contributed by atoms with Crippen LogP contribution in [0.5, 0.6) is 0 Å². The smallest absolute Gasteiger partial charge is 0.0242 e. The van der Waals surface area contributed by atoms with E-state index in [0.29, 0.717) is 5.92 Å². The van der Waals surface area contributed by atoms with Crippen molar-refractivity contribution in [2.24, 2.45) is 0 Å². The molecule has 1 fully saturated rings. The second kappa shape index (κ2) is 3.86. The minimum atomic E-state index is 0.701. The first kappa shape index (κ1) is 9.30. The predicted molar refractivity (Wildman–Crippen MR) is 59.2 cm³/mol. The number of rotatable bonds is 1. The molecule has 1 atom stereocenters. The fraction of sp³-hybridized carbons (Fsp3) is 0.385. The molecule has 1 heterocycles. The van der Waals surface area contributed by atoms with Crippen LogP contribution in [0.3, 0.4) is 0 Å². The Kier molecular flexibility index (Phi) is 2.56. The van der Waals surface area contributed by atoms with Gasteiger partial charge in [-0.25, -0.2) is 0 Å². The summed E-state index contributed by atoms with van der Waals surface area (Å²) in [5, 5.41) is 0. The highest BCUT2D eigenvalue weighted by atomic mass is 15.1. The van der Waals surface area contributed by atoms with Gasteiger partial charge >= 0.3 is 0 Å². The number of terminal acetylenes is 1. The summed E-state index contributed by atoms with van der Waals surface area (Å²) in [6, 6.07) is 8.40. The van der Waals surface area contributed by atoms with Gasteiger partial charge in [-0.3, -0.25) is 0 Å². The zero-order valence-corrected chi connectivity index (χ0v) is 8.53. The summed E-state index contributed by atoms with van der Waals surface area (Å²) in [7, 11) is 2.18. The van der Waals surface area contributed by atoms with E-state index in [-0.39, 0.29) is 0 Å². The molecular weight excluding hydrogens is 170 g/mol. The first-order valence-electron chi connectivity index (χ1n) is 5.04. The normalized spacial score (nSPS) is 22.1. The summed E-state index contributed by atoms with van der Waals surface area (Å²) in [5.41, 5.74) is 2.40. The average molecular weight is 185 g/mol. The van der Waals surface area contributed by atoms with Gasteiger partial charge in [-0.1, -0.05) is 18.1 Å². The first-order valence-corrected chi connectivity index (χ1v) is 5.04. The second-order valence-corrected chi connectivity index (χ2v) is 4.01. The molecule has 0 radical (unpaired) electrons. The molecule has 1 aromatic carbocycles. The molecule has 0 amide bonds. The Balaban J connectivity index is 2.14. The third-order valence-electron chi connectivity index (χ3n) is 2.94. The maximum atomic E-state index is 5.32. The largest absolute Gasteiger partial charge is 0.306 e. The van der Waals surface area contributed by atoms with Gasteiger partial charge in [0.05, 0.1) is 0 Å². The van der Waals surface area contributed by atoms with Crippen molar-refractivity contribution in [2.75, 3.05) is 20.1 Å². The molecule has 1 aromatic rings. The van der Waals surface area contributed by atoms with Gasteiger partial charge in [0, 0.05) is 12.1 Å². The van der Waals surface area contributed by atoms with Gasteiger partial charge in [0.1, 0.15) is 0 Å². The third-order valence-corrected chi connectivity index (χ3v) is 2.94. The van der Waals surface area contributed by atoms with E-state index in [1.165, 1.54) is 25.1 Å². The molecule has 1 heteroatoms. The van der Waals surface area contributed by atoms with E-state index in [9.17, 15) is 0 Å². The molecule has 1 aliphatic rings. The van der Waals surface area contributed by atoms with Crippen LogP contribution in [-0.4, -0.2) is 25.0 Å². The molecule has 1 aliphatic heterocycles. The minimum absolute atomic E-state index is 0.701. The molecule has 14 heavy (non-hydrogen) atoms. The summed E-state index contributed by atoms with van der Waals surface area (Å²) in [5.74, 6) is 3.34. The van der Waals surface area contributed by atoms with Gasteiger partial charge in [0.25, 0.3) is 0 Å². The Morgan fingerprint density at radius 2 is 2.07 bits per heavy atom. The highest BCUT2D eigenvalue weighted by molar-refractivity contribution is 5.35.